The van der Waals surface area contributed by atoms with Crippen LogP contribution in [0.2, 0.25) is 5.02 Å². The zero-order valence-corrected chi connectivity index (χ0v) is 10.0. The third-order valence-corrected chi connectivity index (χ3v) is 2.86. The lowest BCUT2D eigenvalue weighted by atomic mass is 10.2. The monoisotopic (exact) mass is 236 g/mol. The highest BCUT2D eigenvalue weighted by molar-refractivity contribution is 6.31. The summed E-state index contributed by atoms with van der Waals surface area (Å²) in [4.78, 5) is 10.9. The van der Waals surface area contributed by atoms with Crippen molar-refractivity contribution in [2.24, 2.45) is 7.05 Å². The lowest BCUT2D eigenvalue weighted by molar-refractivity contribution is -0.119. The third-order valence-electron chi connectivity index (χ3n) is 2.62. The molecule has 4 heteroatoms. The Labute approximate surface area is 99.0 Å². The van der Waals surface area contributed by atoms with Crippen LogP contribution in [0.5, 0.6) is 0 Å². The van der Waals surface area contributed by atoms with Gasteiger partial charge in [0.15, 0.2) is 0 Å². The third kappa shape index (κ3) is 2.04. The fourth-order valence-corrected chi connectivity index (χ4v) is 1.94. The van der Waals surface area contributed by atoms with Crippen LogP contribution in [-0.4, -0.2) is 10.5 Å². The van der Waals surface area contributed by atoms with E-state index in [2.05, 4.69) is 9.88 Å². The number of hydrogen-bond donors (Lipinski definition) is 1. The van der Waals surface area contributed by atoms with Gasteiger partial charge in [-0.3, -0.25) is 4.79 Å². The summed E-state index contributed by atoms with van der Waals surface area (Å²) >= 11 is 5.93. The van der Waals surface area contributed by atoms with E-state index in [9.17, 15) is 4.79 Å². The number of rotatable bonds is 2. The molecule has 1 heterocycles. The molecular weight excluding hydrogens is 224 g/mol. The highest BCUT2D eigenvalue weighted by atomic mass is 35.5. The maximum Gasteiger partial charge on any atom is 0.217 e. The first-order chi connectivity index (χ1) is 7.58. The maximum absolute atomic E-state index is 10.9. The predicted octanol–water partition coefficient (Wildman–Crippen LogP) is 2.47. The number of carbonyl (C=O) groups excluding carboxylic acids is 1. The maximum atomic E-state index is 10.9. The Hall–Kier alpha value is -1.48. The molecule has 0 spiro atoms. The van der Waals surface area contributed by atoms with Crippen molar-refractivity contribution in [3.63, 3.8) is 0 Å². The van der Waals surface area contributed by atoms with Crippen molar-refractivity contribution in [3.8, 4) is 0 Å². The van der Waals surface area contributed by atoms with Crippen molar-refractivity contribution in [2.45, 2.75) is 13.5 Å². The molecule has 0 saturated carbocycles. The van der Waals surface area contributed by atoms with Gasteiger partial charge < -0.3 is 9.88 Å². The number of hydrogen-bond acceptors (Lipinski definition) is 1. The average Bonchev–Trinajstić information content (AvgIpc) is 2.52. The molecule has 0 aliphatic rings. The van der Waals surface area contributed by atoms with Crippen molar-refractivity contribution in [1.82, 2.24) is 9.88 Å². The number of nitrogens with zero attached hydrogens (tertiary/aromatic N) is 1. The smallest absolute Gasteiger partial charge is 0.217 e. The molecule has 1 aromatic heterocycles. The number of aromatic nitrogens is 1. The lowest BCUT2D eigenvalue weighted by Gasteiger charge is -2.04. The summed E-state index contributed by atoms with van der Waals surface area (Å²) < 4.78 is 2.06. The molecule has 0 fully saturated rings. The van der Waals surface area contributed by atoms with E-state index >= 15 is 0 Å². The fourth-order valence-electron chi connectivity index (χ4n) is 1.76. The number of amides is 1. The number of nitrogens with one attached hydrogen (secondary N) is 1. The van der Waals surface area contributed by atoms with E-state index in [1.54, 1.807) is 0 Å². The Bertz CT molecular complexity index is 545. The van der Waals surface area contributed by atoms with Crippen LogP contribution in [0.3, 0.4) is 0 Å². The van der Waals surface area contributed by atoms with Gasteiger partial charge in [0.2, 0.25) is 5.91 Å². The quantitative estimate of drug-likeness (QED) is 0.854. The van der Waals surface area contributed by atoms with Crippen LogP contribution in [0, 0.1) is 0 Å². The Balaban J connectivity index is 2.39. The van der Waals surface area contributed by atoms with Crippen LogP contribution in [0.4, 0.5) is 0 Å². The van der Waals surface area contributed by atoms with Gasteiger partial charge in [0.1, 0.15) is 0 Å². The molecule has 16 heavy (non-hydrogen) atoms. The van der Waals surface area contributed by atoms with E-state index < -0.39 is 0 Å². The van der Waals surface area contributed by atoms with Crippen molar-refractivity contribution in [1.29, 1.82) is 0 Å². The molecule has 1 aromatic carbocycles. The molecule has 0 unspecified atom stereocenters. The van der Waals surface area contributed by atoms with E-state index in [0.29, 0.717) is 6.54 Å². The number of carbonyl (C=O) groups is 1. The Kier molecular flexibility index (Phi) is 2.88. The van der Waals surface area contributed by atoms with Gasteiger partial charge in [-0.2, -0.15) is 0 Å². The van der Waals surface area contributed by atoms with Gasteiger partial charge in [0, 0.05) is 35.6 Å². The minimum absolute atomic E-state index is 0.0247. The van der Waals surface area contributed by atoms with E-state index in [1.807, 2.05) is 31.3 Å². The summed E-state index contributed by atoms with van der Waals surface area (Å²) in [5.74, 6) is -0.0247. The van der Waals surface area contributed by atoms with Gasteiger partial charge in [-0.25, -0.2) is 0 Å². The summed E-state index contributed by atoms with van der Waals surface area (Å²) in [6.45, 7) is 2.05. The molecule has 1 amide bonds. The van der Waals surface area contributed by atoms with Gasteiger partial charge in [0.25, 0.3) is 0 Å². The Morgan fingerprint density at radius 1 is 1.44 bits per heavy atom. The molecule has 0 radical (unpaired) electrons. The van der Waals surface area contributed by atoms with Crippen molar-refractivity contribution >= 4 is 28.4 Å². The minimum atomic E-state index is -0.0247. The second-order valence-corrected chi connectivity index (χ2v) is 4.24. The highest BCUT2D eigenvalue weighted by Gasteiger charge is 2.06. The van der Waals surface area contributed by atoms with Crippen LogP contribution in [0.25, 0.3) is 10.9 Å². The second-order valence-electron chi connectivity index (χ2n) is 3.81. The van der Waals surface area contributed by atoms with E-state index in [1.165, 1.54) is 6.92 Å². The number of halogens is 1. The topological polar surface area (TPSA) is 34.0 Å². The van der Waals surface area contributed by atoms with Gasteiger partial charge in [0.05, 0.1) is 6.54 Å². The molecular formula is C12H13ClN2O. The van der Waals surface area contributed by atoms with Crippen LogP contribution in [0.15, 0.2) is 24.3 Å². The van der Waals surface area contributed by atoms with Crippen LogP contribution < -0.4 is 5.32 Å². The SMILES string of the molecule is CC(=O)NCc1cc2cc(Cl)ccc2n1C. The Morgan fingerprint density at radius 2 is 2.19 bits per heavy atom. The van der Waals surface area contributed by atoms with E-state index in [0.717, 1.165) is 21.6 Å². The average molecular weight is 237 g/mol. The standard InChI is InChI=1S/C12H13ClN2O/c1-8(16)14-7-11-6-9-5-10(13)3-4-12(9)15(11)2/h3-6H,7H2,1-2H3,(H,14,16). The molecule has 2 aromatic rings. The first-order valence-corrected chi connectivity index (χ1v) is 5.44. The van der Waals surface area contributed by atoms with Crippen molar-refractivity contribution in [2.75, 3.05) is 0 Å². The van der Waals surface area contributed by atoms with Gasteiger partial charge in [-0.1, -0.05) is 11.6 Å². The molecule has 0 aliphatic carbocycles. The summed E-state index contributed by atoms with van der Waals surface area (Å²) in [7, 11) is 1.98. The highest BCUT2D eigenvalue weighted by Crippen LogP contribution is 2.22. The molecule has 1 N–H and O–H groups in total. The van der Waals surface area contributed by atoms with Gasteiger partial charge in [-0.05, 0) is 24.3 Å². The molecule has 3 nitrogen and oxygen atoms in total. The minimum Gasteiger partial charge on any atom is -0.351 e. The summed E-state index contributed by atoms with van der Waals surface area (Å²) in [5, 5.41) is 4.60. The largest absolute Gasteiger partial charge is 0.351 e. The van der Waals surface area contributed by atoms with Crippen molar-refractivity contribution in [3.05, 3.63) is 35.0 Å². The lowest BCUT2D eigenvalue weighted by Crippen LogP contribution is -2.20. The molecule has 0 saturated heterocycles. The number of aryl methyl sites for hydroxylation is 1. The molecule has 0 bridgehead atoms. The van der Waals surface area contributed by atoms with E-state index in [-0.39, 0.29) is 5.91 Å². The molecule has 0 atom stereocenters. The zero-order chi connectivity index (χ0) is 11.7. The van der Waals surface area contributed by atoms with Gasteiger partial charge in [-0.15, -0.1) is 0 Å². The number of fused-ring (bicyclic) bond motifs is 1. The number of benzene rings is 1. The normalized spacial score (nSPS) is 10.7. The van der Waals surface area contributed by atoms with E-state index in [4.69, 9.17) is 11.6 Å². The molecule has 2 rings (SSSR count). The van der Waals surface area contributed by atoms with Crippen LogP contribution in [0.1, 0.15) is 12.6 Å². The summed E-state index contributed by atoms with van der Waals surface area (Å²) in [6.07, 6.45) is 0. The predicted molar refractivity (Wildman–Crippen MR) is 65.4 cm³/mol. The first kappa shape index (κ1) is 11.0. The second kappa shape index (κ2) is 4.18. The fraction of sp³-hybridized carbons (Fsp3) is 0.250. The summed E-state index contributed by atoms with van der Waals surface area (Å²) in [6, 6.07) is 7.81. The van der Waals surface area contributed by atoms with Crippen molar-refractivity contribution < 1.29 is 4.79 Å². The molecule has 84 valence electrons. The summed E-state index contributed by atoms with van der Waals surface area (Å²) in [5.41, 5.74) is 2.18. The Morgan fingerprint density at radius 3 is 2.88 bits per heavy atom. The molecule has 0 aliphatic heterocycles. The van der Waals surface area contributed by atoms with Crippen LogP contribution in [-0.2, 0) is 18.4 Å². The first-order valence-electron chi connectivity index (χ1n) is 5.06. The van der Waals surface area contributed by atoms with Gasteiger partial charge >= 0.3 is 0 Å². The van der Waals surface area contributed by atoms with Crippen LogP contribution >= 0.6 is 11.6 Å². The zero-order valence-electron chi connectivity index (χ0n) is 9.25.